The molecule has 3 aliphatic heterocycles. The van der Waals surface area contributed by atoms with E-state index < -0.39 is 7.44 Å². The third kappa shape index (κ3) is 2.74. The highest BCUT2D eigenvalue weighted by molar-refractivity contribution is 7.98. The third-order valence-corrected chi connectivity index (χ3v) is 9.76. The molecule has 0 amide bonds. The molecular formula is C17H21N4O2PS. The number of benzene rings is 1. The highest BCUT2D eigenvalue weighted by atomic mass is 32.2. The number of fused-ring (bicyclic) bond motifs is 2. The van der Waals surface area contributed by atoms with Gasteiger partial charge in [0.2, 0.25) is 7.44 Å². The van der Waals surface area contributed by atoms with Gasteiger partial charge in [0.1, 0.15) is 5.75 Å². The minimum Gasteiger partial charge on any atom is -0.424 e. The summed E-state index contributed by atoms with van der Waals surface area (Å²) in [5.41, 5.74) is 1.18. The SMILES string of the molecule is C[C@@H](CP(=O)(N1CCC1)N1CC1)c1ccc2c(c1)Oc1nccn1S2. The van der Waals surface area contributed by atoms with Crippen LogP contribution in [-0.4, -0.2) is 50.6 Å². The molecule has 8 heteroatoms. The Kier molecular flexibility index (Phi) is 3.75. The summed E-state index contributed by atoms with van der Waals surface area (Å²) in [5, 5.41) is 0. The quantitative estimate of drug-likeness (QED) is 0.498. The van der Waals surface area contributed by atoms with Crippen molar-refractivity contribution in [3.8, 4) is 11.8 Å². The predicted molar refractivity (Wildman–Crippen MR) is 98.6 cm³/mol. The van der Waals surface area contributed by atoms with E-state index in [1.54, 1.807) is 18.1 Å². The Morgan fingerprint density at radius 3 is 2.80 bits per heavy atom. The first-order chi connectivity index (χ1) is 12.1. The van der Waals surface area contributed by atoms with Crippen LogP contribution in [0.15, 0.2) is 35.5 Å². The molecule has 0 aliphatic carbocycles. The molecule has 1 aromatic carbocycles. The Hall–Kier alpha value is -1.27. The fourth-order valence-electron chi connectivity index (χ4n) is 3.45. The molecule has 132 valence electrons. The van der Waals surface area contributed by atoms with Gasteiger partial charge in [-0.1, -0.05) is 13.0 Å². The van der Waals surface area contributed by atoms with Crippen LogP contribution in [0.5, 0.6) is 11.8 Å². The standard InChI is InChI=1S/C17H21N4O2PS/c1-13(12-24(22,20-9-10-20)19-6-2-7-19)14-3-4-16-15(11-14)23-17-18-5-8-21(17)25-16/h3-5,8,11,13H,2,6-7,9-10,12H2,1H3/t13-,24?/m0/s1. The van der Waals surface area contributed by atoms with Gasteiger partial charge in [0.15, 0.2) is 0 Å². The van der Waals surface area contributed by atoms with E-state index in [1.807, 2.05) is 10.2 Å². The lowest BCUT2D eigenvalue weighted by Crippen LogP contribution is -2.37. The lowest BCUT2D eigenvalue weighted by Gasteiger charge is -2.39. The van der Waals surface area contributed by atoms with E-state index >= 15 is 0 Å². The van der Waals surface area contributed by atoms with Gasteiger partial charge >= 0.3 is 6.01 Å². The molecule has 2 saturated heterocycles. The molecule has 2 atom stereocenters. The first kappa shape index (κ1) is 15.9. The molecule has 2 aromatic rings. The number of aromatic nitrogens is 2. The molecule has 25 heavy (non-hydrogen) atoms. The molecule has 0 bridgehead atoms. The molecule has 0 radical (unpaired) electrons. The molecular weight excluding hydrogens is 355 g/mol. The lowest BCUT2D eigenvalue weighted by atomic mass is 10.0. The van der Waals surface area contributed by atoms with Crippen LogP contribution in [0.2, 0.25) is 0 Å². The summed E-state index contributed by atoms with van der Waals surface area (Å²) in [4.78, 5) is 5.31. The fraction of sp³-hybridized carbons (Fsp3) is 0.471. The average molecular weight is 376 g/mol. The molecule has 2 fully saturated rings. The number of ether oxygens (including phenoxy) is 1. The summed E-state index contributed by atoms with van der Waals surface area (Å²) < 4.78 is 25.8. The Balaban J connectivity index is 1.38. The summed E-state index contributed by atoms with van der Waals surface area (Å²) in [5.74, 6) is 1.08. The van der Waals surface area contributed by atoms with Gasteiger partial charge in [0, 0.05) is 44.7 Å². The van der Waals surface area contributed by atoms with Gasteiger partial charge in [-0.2, -0.15) is 0 Å². The van der Waals surface area contributed by atoms with Crippen LogP contribution < -0.4 is 4.74 Å². The normalized spacial score (nSPS) is 22.9. The zero-order chi connectivity index (χ0) is 17.0. The van der Waals surface area contributed by atoms with Crippen molar-refractivity contribution in [2.75, 3.05) is 32.3 Å². The molecule has 6 nitrogen and oxygen atoms in total. The van der Waals surface area contributed by atoms with Gasteiger partial charge in [-0.05, 0) is 42.0 Å². The van der Waals surface area contributed by atoms with Crippen molar-refractivity contribution in [1.29, 1.82) is 0 Å². The van der Waals surface area contributed by atoms with Crippen molar-refractivity contribution >= 4 is 19.4 Å². The van der Waals surface area contributed by atoms with E-state index in [0.717, 1.165) is 36.8 Å². The minimum atomic E-state index is -2.37. The second-order valence-electron chi connectivity index (χ2n) is 6.94. The van der Waals surface area contributed by atoms with E-state index in [-0.39, 0.29) is 5.92 Å². The Morgan fingerprint density at radius 2 is 2.08 bits per heavy atom. The van der Waals surface area contributed by atoms with Crippen LogP contribution in [0.4, 0.5) is 0 Å². The summed E-state index contributed by atoms with van der Waals surface area (Å²) >= 11 is 1.61. The maximum atomic E-state index is 13.6. The highest BCUT2D eigenvalue weighted by Gasteiger charge is 2.45. The Labute approximate surface area is 151 Å². The van der Waals surface area contributed by atoms with E-state index in [1.165, 1.54) is 12.0 Å². The van der Waals surface area contributed by atoms with Gasteiger partial charge in [-0.25, -0.2) is 18.3 Å². The number of hydrogen-bond acceptors (Lipinski definition) is 4. The first-order valence-corrected chi connectivity index (χ1v) is 11.3. The molecule has 0 spiro atoms. The number of rotatable bonds is 5. The molecule has 1 unspecified atom stereocenters. The molecule has 5 rings (SSSR count). The third-order valence-electron chi connectivity index (χ3n) is 5.16. The lowest BCUT2D eigenvalue weighted by molar-refractivity contribution is 0.292. The smallest absolute Gasteiger partial charge is 0.312 e. The minimum absolute atomic E-state index is 0.229. The van der Waals surface area contributed by atoms with Crippen LogP contribution in [0.25, 0.3) is 0 Å². The van der Waals surface area contributed by atoms with Crippen molar-refractivity contribution in [1.82, 2.24) is 18.3 Å². The van der Waals surface area contributed by atoms with Crippen LogP contribution in [0.3, 0.4) is 0 Å². The van der Waals surface area contributed by atoms with Crippen LogP contribution in [-0.2, 0) is 4.57 Å². The molecule has 0 saturated carbocycles. The second kappa shape index (κ2) is 5.88. The van der Waals surface area contributed by atoms with E-state index in [2.05, 4.69) is 39.4 Å². The zero-order valence-corrected chi connectivity index (χ0v) is 15.9. The van der Waals surface area contributed by atoms with Crippen molar-refractivity contribution in [2.24, 2.45) is 0 Å². The summed E-state index contributed by atoms with van der Waals surface area (Å²) in [6.45, 7) is 6.09. The second-order valence-corrected chi connectivity index (χ2v) is 10.8. The van der Waals surface area contributed by atoms with Crippen molar-refractivity contribution in [2.45, 2.75) is 24.2 Å². The van der Waals surface area contributed by atoms with Gasteiger partial charge in [0.05, 0.1) is 4.90 Å². The van der Waals surface area contributed by atoms with Crippen molar-refractivity contribution in [3.05, 3.63) is 36.2 Å². The summed E-state index contributed by atoms with van der Waals surface area (Å²) in [6.07, 6.45) is 5.52. The van der Waals surface area contributed by atoms with Crippen LogP contribution in [0.1, 0.15) is 24.8 Å². The predicted octanol–water partition coefficient (Wildman–Crippen LogP) is 3.86. The molecule has 0 N–H and O–H groups in total. The maximum absolute atomic E-state index is 13.6. The Bertz CT molecular complexity index is 862. The molecule has 3 aliphatic rings. The maximum Gasteiger partial charge on any atom is 0.312 e. The van der Waals surface area contributed by atoms with Gasteiger partial charge in [-0.3, -0.25) is 4.57 Å². The number of nitrogens with zero attached hydrogens (tertiary/aromatic N) is 4. The van der Waals surface area contributed by atoms with Gasteiger partial charge in [0.25, 0.3) is 0 Å². The largest absolute Gasteiger partial charge is 0.424 e. The van der Waals surface area contributed by atoms with Gasteiger partial charge in [-0.15, -0.1) is 0 Å². The first-order valence-electron chi connectivity index (χ1n) is 8.77. The topological polar surface area (TPSA) is 50.4 Å². The average Bonchev–Trinajstić information content (AvgIpc) is 3.31. The molecule has 4 heterocycles. The Morgan fingerprint density at radius 1 is 1.28 bits per heavy atom. The van der Waals surface area contributed by atoms with E-state index in [9.17, 15) is 4.57 Å². The van der Waals surface area contributed by atoms with E-state index in [4.69, 9.17) is 4.74 Å². The van der Waals surface area contributed by atoms with Crippen molar-refractivity contribution < 1.29 is 9.30 Å². The summed E-state index contributed by atoms with van der Waals surface area (Å²) in [7, 11) is -2.37. The fourth-order valence-corrected chi connectivity index (χ4v) is 7.63. The molecule has 1 aromatic heterocycles. The zero-order valence-electron chi connectivity index (χ0n) is 14.2. The monoisotopic (exact) mass is 376 g/mol. The highest BCUT2D eigenvalue weighted by Crippen LogP contribution is 2.60. The van der Waals surface area contributed by atoms with Gasteiger partial charge < -0.3 is 4.74 Å². The van der Waals surface area contributed by atoms with E-state index in [0.29, 0.717) is 12.2 Å². The van der Waals surface area contributed by atoms with Crippen LogP contribution in [0, 0.1) is 0 Å². The van der Waals surface area contributed by atoms with Crippen molar-refractivity contribution in [3.63, 3.8) is 0 Å². The number of hydrogen-bond donors (Lipinski definition) is 0. The van der Waals surface area contributed by atoms with Crippen LogP contribution >= 0.6 is 19.4 Å². The summed E-state index contributed by atoms with van der Waals surface area (Å²) in [6, 6.07) is 6.94. The number of imidazole rings is 1.